The number of nitro benzene ring substituents is 1. The Hall–Kier alpha value is -1.95. The van der Waals surface area contributed by atoms with Gasteiger partial charge in [0.05, 0.1) is 11.5 Å². The SMILES string of the molecule is CCC(=O)c1c([N+](=O)[O-])ccc2c1COCO2. The molecule has 17 heavy (non-hydrogen) atoms. The van der Waals surface area contributed by atoms with Crippen molar-refractivity contribution >= 4 is 11.5 Å². The fraction of sp³-hybridized carbons (Fsp3) is 0.364. The van der Waals surface area contributed by atoms with E-state index < -0.39 is 4.92 Å². The summed E-state index contributed by atoms with van der Waals surface area (Å²) in [6, 6.07) is 2.80. The Labute approximate surface area is 97.3 Å². The van der Waals surface area contributed by atoms with Crippen LogP contribution in [0.4, 0.5) is 5.69 Å². The van der Waals surface area contributed by atoms with Crippen molar-refractivity contribution in [3.8, 4) is 5.75 Å². The van der Waals surface area contributed by atoms with Crippen molar-refractivity contribution in [1.82, 2.24) is 0 Å². The second-order valence-electron chi connectivity index (χ2n) is 3.58. The van der Waals surface area contributed by atoms with Crippen LogP contribution in [0.3, 0.4) is 0 Å². The first-order valence-electron chi connectivity index (χ1n) is 5.19. The molecule has 0 bridgehead atoms. The highest BCUT2D eigenvalue weighted by Crippen LogP contribution is 2.33. The number of benzene rings is 1. The molecule has 0 atom stereocenters. The van der Waals surface area contributed by atoms with Gasteiger partial charge in [0.2, 0.25) is 0 Å². The van der Waals surface area contributed by atoms with Crippen LogP contribution in [0.2, 0.25) is 0 Å². The van der Waals surface area contributed by atoms with Gasteiger partial charge in [0.25, 0.3) is 5.69 Å². The number of ether oxygens (including phenoxy) is 2. The number of hydrogen-bond donors (Lipinski definition) is 0. The van der Waals surface area contributed by atoms with Gasteiger partial charge in [0.1, 0.15) is 11.3 Å². The Morgan fingerprint density at radius 3 is 2.94 bits per heavy atom. The fourth-order valence-electron chi connectivity index (χ4n) is 1.78. The smallest absolute Gasteiger partial charge is 0.280 e. The second-order valence-corrected chi connectivity index (χ2v) is 3.58. The largest absolute Gasteiger partial charge is 0.467 e. The van der Waals surface area contributed by atoms with Gasteiger partial charge in [-0.05, 0) is 6.07 Å². The average molecular weight is 237 g/mol. The molecule has 90 valence electrons. The van der Waals surface area contributed by atoms with Crippen LogP contribution in [0.5, 0.6) is 5.75 Å². The molecule has 6 nitrogen and oxygen atoms in total. The van der Waals surface area contributed by atoms with E-state index in [1.807, 2.05) is 0 Å². The van der Waals surface area contributed by atoms with Crippen LogP contribution in [0.25, 0.3) is 0 Å². The number of nitrogens with zero attached hydrogens (tertiary/aromatic N) is 1. The summed E-state index contributed by atoms with van der Waals surface area (Å²) in [5, 5.41) is 10.9. The van der Waals surface area contributed by atoms with Crippen molar-refractivity contribution in [3.63, 3.8) is 0 Å². The first-order valence-corrected chi connectivity index (χ1v) is 5.19. The van der Waals surface area contributed by atoms with Gasteiger partial charge in [0.15, 0.2) is 12.6 Å². The molecule has 0 aliphatic carbocycles. The lowest BCUT2D eigenvalue weighted by Crippen LogP contribution is -2.16. The molecular formula is C11H11NO5. The standard InChI is InChI=1S/C11H11NO5/c1-2-9(13)11-7-5-16-6-17-10(7)4-3-8(11)12(14)15/h3-4H,2,5-6H2,1H3. The van der Waals surface area contributed by atoms with E-state index in [-0.39, 0.29) is 36.9 Å². The molecule has 1 heterocycles. The van der Waals surface area contributed by atoms with Gasteiger partial charge >= 0.3 is 0 Å². The highest BCUT2D eigenvalue weighted by Gasteiger charge is 2.27. The van der Waals surface area contributed by atoms with E-state index >= 15 is 0 Å². The van der Waals surface area contributed by atoms with Gasteiger partial charge in [-0.15, -0.1) is 0 Å². The number of fused-ring (bicyclic) bond motifs is 1. The van der Waals surface area contributed by atoms with Crippen molar-refractivity contribution in [1.29, 1.82) is 0 Å². The normalized spacial score (nSPS) is 13.7. The van der Waals surface area contributed by atoms with Crippen LogP contribution in [0.15, 0.2) is 12.1 Å². The number of carbonyl (C=O) groups excluding carboxylic acids is 1. The monoisotopic (exact) mass is 237 g/mol. The molecular weight excluding hydrogens is 226 g/mol. The van der Waals surface area contributed by atoms with Gasteiger partial charge in [-0.25, -0.2) is 0 Å². The second kappa shape index (κ2) is 4.50. The maximum absolute atomic E-state index is 11.8. The summed E-state index contributed by atoms with van der Waals surface area (Å²) < 4.78 is 10.3. The first kappa shape index (κ1) is 11.5. The molecule has 6 heteroatoms. The summed E-state index contributed by atoms with van der Waals surface area (Å²) in [6.07, 6.45) is 0.206. The molecule has 0 amide bonds. The lowest BCUT2D eigenvalue weighted by atomic mass is 9.99. The van der Waals surface area contributed by atoms with Gasteiger partial charge < -0.3 is 9.47 Å². The Kier molecular flexibility index (Phi) is 3.06. The molecule has 0 fully saturated rings. The highest BCUT2D eigenvalue weighted by molar-refractivity contribution is 6.01. The molecule has 0 radical (unpaired) electrons. The van der Waals surface area contributed by atoms with Crippen molar-refractivity contribution in [2.75, 3.05) is 6.79 Å². The van der Waals surface area contributed by atoms with Crippen molar-refractivity contribution < 1.29 is 19.2 Å². The molecule has 1 aromatic carbocycles. The first-order chi connectivity index (χ1) is 8.15. The third-order valence-corrected chi connectivity index (χ3v) is 2.59. The van der Waals surface area contributed by atoms with Crippen molar-refractivity contribution in [2.24, 2.45) is 0 Å². The number of ketones is 1. The fourth-order valence-corrected chi connectivity index (χ4v) is 1.78. The summed E-state index contributed by atoms with van der Waals surface area (Å²) in [5.41, 5.74) is 0.386. The van der Waals surface area contributed by atoms with E-state index in [9.17, 15) is 14.9 Å². The van der Waals surface area contributed by atoms with Gasteiger partial charge in [-0.2, -0.15) is 0 Å². The van der Waals surface area contributed by atoms with Crippen molar-refractivity contribution in [2.45, 2.75) is 20.0 Å². The minimum atomic E-state index is -0.558. The van der Waals surface area contributed by atoms with Crippen LogP contribution < -0.4 is 4.74 Å². The Balaban J connectivity index is 2.63. The van der Waals surface area contributed by atoms with E-state index in [0.29, 0.717) is 11.3 Å². The molecule has 0 saturated carbocycles. The highest BCUT2D eigenvalue weighted by atomic mass is 16.7. The van der Waals surface area contributed by atoms with Crippen LogP contribution in [-0.2, 0) is 11.3 Å². The van der Waals surface area contributed by atoms with Crippen molar-refractivity contribution in [3.05, 3.63) is 33.4 Å². The van der Waals surface area contributed by atoms with E-state index in [1.165, 1.54) is 12.1 Å². The minimum absolute atomic E-state index is 0.102. The zero-order chi connectivity index (χ0) is 12.4. The average Bonchev–Trinajstić information content (AvgIpc) is 2.36. The van der Waals surface area contributed by atoms with Gasteiger partial charge in [-0.3, -0.25) is 14.9 Å². The summed E-state index contributed by atoms with van der Waals surface area (Å²) in [5.74, 6) is 0.210. The quantitative estimate of drug-likeness (QED) is 0.456. The number of Topliss-reactive ketones (excluding diaryl/α,β-unsaturated/α-hetero) is 1. The third kappa shape index (κ3) is 1.99. The van der Waals surface area contributed by atoms with Crippen LogP contribution in [-0.4, -0.2) is 17.5 Å². The number of carbonyl (C=O) groups is 1. The van der Waals surface area contributed by atoms with E-state index in [4.69, 9.17) is 9.47 Å². The molecule has 0 aromatic heterocycles. The summed E-state index contributed by atoms with van der Waals surface area (Å²) in [7, 11) is 0. The topological polar surface area (TPSA) is 78.7 Å². The summed E-state index contributed by atoms with van der Waals surface area (Å²) in [6.45, 7) is 1.93. The number of hydrogen-bond acceptors (Lipinski definition) is 5. The Morgan fingerprint density at radius 1 is 1.53 bits per heavy atom. The molecule has 0 unspecified atom stereocenters. The molecule has 1 aliphatic heterocycles. The number of nitro groups is 1. The molecule has 0 saturated heterocycles. The van der Waals surface area contributed by atoms with Gasteiger partial charge in [-0.1, -0.05) is 6.92 Å². The van der Waals surface area contributed by atoms with Gasteiger partial charge in [0, 0.05) is 18.1 Å². The Morgan fingerprint density at radius 2 is 2.29 bits per heavy atom. The maximum atomic E-state index is 11.8. The zero-order valence-electron chi connectivity index (χ0n) is 9.26. The predicted octanol–water partition coefficient (Wildman–Crippen LogP) is 2.05. The lowest BCUT2D eigenvalue weighted by molar-refractivity contribution is -0.385. The molecule has 1 aromatic rings. The maximum Gasteiger partial charge on any atom is 0.280 e. The summed E-state index contributed by atoms with van der Waals surface area (Å²) in [4.78, 5) is 22.1. The lowest BCUT2D eigenvalue weighted by Gasteiger charge is -2.19. The Bertz CT molecular complexity index is 483. The summed E-state index contributed by atoms with van der Waals surface area (Å²) >= 11 is 0. The van der Waals surface area contributed by atoms with E-state index in [2.05, 4.69) is 0 Å². The zero-order valence-corrected chi connectivity index (χ0v) is 9.26. The van der Waals surface area contributed by atoms with E-state index in [0.717, 1.165) is 0 Å². The number of rotatable bonds is 3. The predicted molar refractivity (Wildman–Crippen MR) is 58.0 cm³/mol. The molecule has 1 aliphatic rings. The van der Waals surface area contributed by atoms with Crippen LogP contribution >= 0.6 is 0 Å². The molecule has 0 spiro atoms. The minimum Gasteiger partial charge on any atom is -0.467 e. The van der Waals surface area contributed by atoms with Crippen LogP contribution in [0.1, 0.15) is 29.3 Å². The van der Waals surface area contributed by atoms with E-state index in [1.54, 1.807) is 6.92 Å². The van der Waals surface area contributed by atoms with Crippen LogP contribution in [0, 0.1) is 10.1 Å². The third-order valence-electron chi connectivity index (χ3n) is 2.59. The molecule has 0 N–H and O–H groups in total. The molecule has 2 rings (SSSR count).